The summed E-state index contributed by atoms with van der Waals surface area (Å²) in [6.45, 7) is 3.74. The van der Waals surface area contributed by atoms with E-state index in [1.54, 1.807) is 23.7 Å². The maximum absolute atomic E-state index is 10.6. The molecule has 2 aromatic carbocycles. The number of aliphatic hydroxyl groups is 5. The molecule has 2 heterocycles. The number of benzene rings is 2. The normalized spacial score (nSPS) is 23.8. The van der Waals surface area contributed by atoms with E-state index in [9.17, 15) is 20.4 Å². The molecular formula is C22H27N3O6. The molecule has 1 saturated heterocycles. The van der Waals surface area contributed by atoms with Crippen molar-refractivity contribution in [3.8, 4) is 16.9 Å². The molecule has 0 aliphatic carbocycles. The molecule has 0 amide bonds. The monoisotopic (exact) mass is 429 g/mol. The third kappa shape index (κ3) is 4.99. The van der Waals surface area contributed by atoms with Gasteiger partial charge in [0.05, 0.1) is 11.9 Å². The lowest BCUT2D eigenvalue weighted by Gasteiger charge is -2.22. The molecule has 1 aliphatic rings. The highest BCUT2D eigenvalue weighted by molar-refractivity contribution is 5.58. The summed E-state index contributed by atoms with van der Waals surface area (Å²) in [4.78, 5) is 0. The van der Waals surface area contributed by atoms with Gasteiger partial charge < -0.3 is 30.3 Å². The van der Waals surface area contributed by atoms with Gasteiger partial charge in [-0.05, 0) is 37.1 Å². The predicted molar refractivity (Wildman–Crippen MR) is 112 cm³/mol. The van der Waals surface area contributed by atoms with Crippen LogP contribution in [0.5, 0.6) is 0 Å². The summed E-state index contributed by atoms with van der Waals surface area (Å²) in [6.07, 6.45) is -4.87. The molecule has 9 heteroatoms. The van der Waals surface area contributed by atoms with Gasteiger partial charge in [-0.1, -0.05) is 41.6 Å². The predicted octanol–water partition coefficient (Wildman–Crippen LogP) is 0.714. The van der Waals surface area contributed by atoms with Crippen LogP contribution in [0.2, 0.25) is 0 Å². The third-order valence-electron chi connectivity index (χ3n) is 4.99. The third-order valence-corrected chi connectivity index (χ3v) is 4.99. The van der Waals surface area contributed by atoms with Crippen molar-refractivity contribution < 1.29 is 30.3 Å². The van der Waals surface area contributed by atoms with Crippen LogP contribution in [0.25, 0.3) is 16.9 Å². The quantitative estimate of drug-likeness (QED) is 0.408. The van der Waals surface area contributed by atoms with Crippen LogP contribution in [-0.4, -0.2) is 71.7 Å². The maximum Gasteiger partial charge on any atom is 0.184 e. The SMILES string of the molecule is CCO.Cc1cc(-n2cc(-c3ccccc3)nn2)ccc1C(O)C1OC(O)C(O)C1O. The van der Waals surface area contributed by atoms with Gasteiger partial charge >= 0.3 is 0 Å². The van der Waals surface area contributed by atoms with E-state index in [4.69, 9.17) is 9.84 Å². The summed E-state index contributed by atoms with van der Waals surface area (Å²) in [5.41, 5.74) is 3.73. The van der Waals surface area contributed by atoms with Crippen LogP contribution >= 0.6 is 0 Å². The fourth-order valence-corrected chi connectivity index (χ4v) is 3.39. The van der Waals surface area contributed by atoms with E-state index < -0.39 is 30.7 Å². The lowest BCUT2D eigenvalue weighted by molar-refractivity contribution is -0.146. The molecule has 5 atom stereocenters. The van der Waals surface area contributed by atoms with E-state index in [1.807, 2.05) is 49.5 Å². The molecule has 31 heavy (non-hydrogen) atoms. The van der Waals surface area contributed by atoms with Gasteiger partial charge in [0.1, 0.15) is 30.1 Å². The van der Waals surface area contributed by atoms with E-state index in [-0.39, 0.29) is 6.61 Å². The standard InChI is InChI=1S/C20H21N3O5.C2H6O/c1-11-9-13(23-10-15(21-22-23)12-5-3-2-4-6-12)7-8-14(11)16(24)19-17(25)18(26)20(27)28-19;1-2-3/h2-10,16-20,24-27H,1H3;3H,2H2,1H3. The molecular weight excluding hydrogens is 402 g/mol. The van der Waals surface area contributed by atoms with Gasteiger partial charge in [0.2, 0.25) is 0 Å². The first-order valence-electron chi connectivity index (χ1n) is 9.94. The molecule has 9 nitrogen and oxygen atoms in total. The summed E-state index contributed by atoms with van der Waals surface area (Å²) >= 11 is 0. The Morgan fingerprint density at radius 3 is 2.32 bits per heavy atom. The molecule has 0 radical (unpaired) electrons. The lowest BCUT2D eigenvalue weighted by atomic mass is 9.95. The Balaban J connectivity index is 0.000000858. The molecule has 0 bridgehead atoms. The summed E-state index contributed by atoms with van der Waals surface area (Å²) in [6, 6.07) is 15.0. The first kappa shape index (κ1) is 23.0. The minimum atomic E-state index is -1.53. The van der Waals surface area contributed by atoms with E-state index in [0.717, 1.165) is 22.5 Å². The van der Waals surface area contributed by atoms with Gasteiger partial charge in [0.15, 0.2) is 6.29 Å². The summed E-state index contributed by atoms with van der Waals surface area (Å²) in [5, 5.41) is 55.6. The molecule has 5 unspecified atom stereocenters. The highest BCUT2D eigenvalue weighted by atomic mass is 16.6. The van der Waals surface area contributed by atoms with Crippen molar-refractivity contribution in [3.63, 3.8) is 0 Å². The van der Waals surface area contributed by atoms with Crippen molar-refractivity contribution >= 4 is 0 Å². The zero-order valence-electron chi connectivity index (χ0n) is 17.3. The van der Waals surface area contributed by atoms with E-state index in [0.29, 0.717) is 5.56 Å². The highest BCUT2D eigenvalue weighted by Gasteiger charge is 2.45. The second kappa shape index (κ2) is 10.1. The van der Waals surface area contributed by atoms with Crippen LogP contribution in [-0.2, 0) is 4.74 Å². The Labute approximate surface area is 179 Å². The van der Waals surface area contributed by atoms with Crippen LogP contribution in [0, 0.1) is 6.92 Å². The lowest BCUT2D eigenvalue weighted by Crippen LogP contribution is -2.35. The molecule has 0 saturated carbocycles. The second-order valence-corrected chi connectivity index (χ2v) is 7.19. The molecule has 4 rings (SSSR count). The zero-order chi connectivity index (χ0) is 22.5. The van der Waals surface area contributed by atoms with Crippen molar-refractivity contribution in [1.82, 2.24) is 15.0 Å². The molecule has 3 aromatic rings. The van der Waals surface area contributed by atoms with Gasteiger partial charge in [-0.3, -0.25) is 0 Å². The molecule has 1 aliphatic heterocycles. The highest BCUT2D eigenvalue weighted by Crippen LogP contribution is 2.32. The molecule has 166 valence electrons. The van der Waals surface area contributed by atoms with Crippen LogP contribution in [0.1, 0.15) is 24.2 Å². The van der Waals surface area contributed by atoms with Crippen molar-refractivity contribution in [1.29, 1.82) is 0 Å². The smallest absolute Gasteiger partial charge is 0.184 e. The van der Waals surface area contributed by atoms with Crippen LogP contribution in [0.15, 0.2) is 54.7 Å². The van der Waals surface area contributed by atoms with Crippen molar-refractivity contribution in [2.45, 2.75) is 44.6 Å². The summed E-state index contributed by atoms with van der Waals surface area (Å²) in [7, 11) is 0. The van der Waals surface area contributed by atoms with Crippen molar-refractivity contribution in [2.75, 3.05) is 6.61 Å². The van der Waals surface area contributed by atoms with Crippen LogP contribution in [0.4, 0.5) is 0 Å². The average molecular weight is 429 g/mol. The summed E-state index contributed by atoms with van der Waals surface area (Å²) in [5.74, 6) is 0. The summed E-state index contributed by atoms with van der Waals surface area (Å²) < 4.78 is 6.74. The number of hydrogen-bond donors (Lipinski definition) is 5. The Hall–Kier alpha value is -2.66. The first-order valence-corrected chi connectivity index (χ1v) is 9.94. The van der Waals surface area contributed by atoms with Gasteiger partial charge in [-0.15, -0.1) is 5.10 Å². The van der Waals surface area contributed by atoms with Crippen molar-refractivity contribution in [3.05, 3.63) is 65.9 Å². The second-order valence-electron chi connectivity index (χ2n) is 7.19. The first-order chi connectivity index (χ1) is 14.9. The minimum absolute atomic E-state index is 0.250. The van der Waals surface area contributed by atoms with E-state index in [2.05, 4.69) is 10.3 Å². The van der Waals surface area contributed by atoms with Gasteiger partial charge in [0.25, 0.3) is 0 Å². The fraction of sp³-hybridized carbons (Fsp3) is 0.364. The molecule has 5 N–H and O–H groups in total. The maximum atomic E-state index is 10.6. The number of aliphatic hydroxyl groups excluding tert-OH is 5. The minimum Gasteiger partial charge on any atom is -0.397 e. The van der Waals surface area contributed by atoms with Gasteiger partial charge in [-0.2, -0.15) is 0 Å². The number of ether oxygens (including phenoxy) is 1. The number of hydrogen-bond acceptors (Lipinski definition) is 8. The topological polar surface area (TPSA) is 141 Å². The molecule has 0 spiro atoms. The number of nitrogens with zero attached hydrogens (tertiary/aromatic N) is 3. The number of aryl methyl sites for hydroxylation is 1. The molecule has 1 aromatic heterocycles. The van der Waals surface area contributed by atoms with Gasteiger partial charge in [0, 0.05) is 12.2 Å². The average Bonchev–Trinajstić information content (AvgIpc) is 3.36. The van der Waals surface area contributed by atoms with E-state index in [1.165, 1.54) is 0 Å². The Bertz CT molecular complexity index is 980. The number of rotatable bonds is 4. The van der Waals surface area contributed by atoms with Crippen LogP contribution < -0.4 is 0 Å². The number of aromatic nitrogens is 3. The van der Waals surface area contributed by atoms with E-state index >= 15 is 0 Å². The Kier molecular flexibility index (Phi) is 7.50. The largest absolute Gasteiger partial charge is 0.397 e. The fourth-order valence-electron chi connectivity index (χ4n) is 3.39. The van der Waals surface area contributed by atoms with Crippen LogP contribution in [0.3, 0.4) is 0 Å². The Morgan fingerprint density at radius 2 is 1.74 bits per heavy atom. The zero-order valence-corrected chi connectivity index (χ0v) is 17.3. The Morgan fingerprint density at radius 1 is 1.06 bits per heavy atom. The molecule has 1 fully saturated rings. The van der Waals surface area contributed by atoms with Crippen molar-refractivity contribution in [2.24, 2.45) is 0 Å². The van der Waals surface area contributed by atoms with Gasteiger partial charge in [-0.25, -0.2) is 4.68 Å².